The van der Waals surface area contributed by atoms with E-state index in [1.165, 1.54) is 30.5 Å². The summed E-state index contributed by atoms with van der Waals surface area (Å²) in [4.78, 5) is 14.3. The average molecular weight is 400 g/mol. The topological polar surface area (TPSA) is 66.6 Å². The molecule has 146 valence electrons. The number of halogens is 1. The van der Waals surface area contributed by atoms with Crippen molar-refractivity contribution >= 4 is 15.1 Å². The first-order chi connectivity index (χ1) is 13.4. The third-order valence-electron chi connectivity index (χ3n) is 4.46. The lowest BCUT2D eigenvalue weighted by Gasteiger charge is -2.21. The zero-order chi connectivity index (χ0) is 20.1. The predicted molar refractivity (Wildman–Crippen MR) is 108 cm³/mol. The molecule has 3 atom stereocenters. The number of hydrogen-bond acceptors (Lipinski definition) is 4. The molecule has 1 aliphatic heterocycles. The van der Waals surface area contributed by atoms with Crippen molar-refractivity contribution in [2.45, 2.75) is 24.7 Å². The minimum Gasteiger partial charge on any atom is -0.384 e. The van der Waals surface area contributed by atoms with Gasteiger partial charge in [-0.2, -0.15) is 0 Å². The van der Waals surface area contributed by atoms with Crippen LogP contribution in [0.5, 0.6) is 0 Å². The predicted octanol–water partition coefficient (Wildman–Crippen LogP) is 3.97. The quantitative estimate of drug-likeness (QED) is 0.661. The average Bonchev–Trinajstić information content (AvgIpc) is 3.27. The highest BCUT2D eigenvalue weighted by Gasteiger charge is 2.40. The van der Waals surface area contributed by atoms with Gasteiger partial charge in [-0.25, -0.2) is 4.39 Å². The van der Waals surface area contributed by atoms with Gasteiger partial charge in [-0.3, -0.25) is 4.79 Å². The van der Waals surface area contributed by atoms with Crippen molar-refractivity contribution in [1.82, 2.24) is 10.1 Å². The van der Waals surface area contributed by atoms with E-state index in [4.69, 9.17) is 4.52 Å². The number of carbonyl (C=O) groups excluding carboxylic acids is 1. The Labute approximate surface area is 165 Å². The summed E-state index contributed by atoms with van der Waals surface area (Å²) in [6.45, 7) is 2.11. The summed E-state index contributed by atoms with van der Waals surface area (Å²) in [5.74, 6) is -0.319. The summed E-state index contributed by atoms with van der Waals surface area (Å²) in [7, 11) is 2.38. The molecular formula is C21H22FN2O3P. The van der Waals surface area contributed by atoms with Crippen molar-refractivity contribution in [2.24, 2.45) is 0 Å². The van der Waals surface area contributed by atoms with Crippen molar-refractivity contribution in [1.29, 1.82) is 0 Å². The van der Waals surface area contributed by atoms with E-state index >= 15 is 0 Å². The highest BCUT2D eigenvalue weighted by Crippen LogP contribution is 2.34. The number of benzene rings is 2. The molecular weight excluding hydrogens is 378 g/mol. The molecule has 0 saturated carbocycles. The van der Waals surface area contributed by atoms with Crippen molar-refractivity contribution in [3.05, 3.63) is 78.2 Å². The van der Waals surface area contributed by atoms with Gasteiger partial charge in [0.05, 0.1) is 18.1 Å². The van der Waals surface area contributed by atoms with Gasteiger partial charge >= 0.3 is 0 Å². The fraction of sp³-hybridized carbons (Fsp3) is 0.238. The van der Waals surface area contributed by atoms with Crippen molar-refractivity contribution in [3.63, 3.8) is 0 Å². The van der Waals surface area contributed by atoms with Gasteiger partial charge in [0, 0.05) is 18.0 Å². The number of carbonyl (C=O) groups is 1. The van der Waals surface area contributed by atoms with Crippen LogP contribution in [-0.4, -0.2) is 39.0 Å². The number of aliphatic hydroxyl groups is 1. The van der Waals surface area contributed by atoms with E-state index in [-0.39, 0.29) is 24.3 Å². The van der Waals surface area contributed by atoms with Crippen LogP contribution in [0.25, 0.3) is 11.3 Å². The van der Waals surface area contributed by atoms with Crippen molar-refractivity contribution < 1.29 is 18.8 Å². The van der Waals surface area contributed by atoms with Crippen LogP contribution in [0.2, 0.25) is 0 Å². The highest BCUT2D eigenvalue weighted by molar-refractivity contribution is 7.18. The maximum Gasteiger partial charge on any atom is 0.259 e. The molecule has 1 fully saturated rings. The Morgan fingerprint density at radius 3 is 2.29 bits per heavy atom. The Kier molecular flexibility index (Phi) is 6.22. The molecule has 1 N–H and O–H groups in total. The van der Waals surface area contributed by atoms with Gasteiger partial charge in [0.25, 0.3) is 5.91 Å². The standard InChI is InChI=1S/C15H16FN2O3P.C6H6/c1-9-6-15(20,22)8-18(9)14(19)12-7-17-21-13(12)10-2-4-11(16)5-3-10;1-2-4-6-5-3-1/h2-5,7,9,20H,6,8,22H2,1H3;1-6H. The monoisotopic (exact) mass is 400 g/mol. The van der Waals surface area contributed by atoms with Gasteiger partial charge in [-0.15, -0.1) is 9.24 Å². The Morgan fingerprint density at radius 1 is 1.21 bits per heavy atom. The molecule has 1 saturated heterocycles. The number of amides is 1. The molecule has 7 heteroatoms. The fourth-order valence-electron chi connectivity index (χ4n) is 3.15. The summed E-state index contributed by atoms with van der Waals surface area (Å²) < 4.78 is 18.2. The first-order valence-electron chi connectivity index (χ1n) is 8.90. The maximum atomic E-state index is 13.0. The lowest BCUT2D eigenvalue weighted by molar-refractivity contribution is 0.0711. The molecule has 3 unspecified atom stereocenters. The van der Waals surface area contributed by atoms with E-state index in [0.717, 1.165) is 0 Å². The molecule has 3 aromatic rings. The molecule has 0 aliphatic carbocycles. The third kappa shape index (κ3) is 4.83. The lowest BCUT2D eigenvalue weighted by atomic mass is 10.1. The molecule has 1 aromatic heterocycles. The molecule has 2 aromatic carbocycles. The van der Waals surface area contributed by atoms with Crippen LogP contribution in [-0.2, 0) is 0 Å². The van der Waals surface area contributed by atoms with Crippen molar-refractivity contribution in [3.8, 4) is 11.3 Å². The molecule has 5 nitrogen and oxygen atoms in total. The first kappa shape index (κ1) is 20.2. The van der Waals surface area contributed by atoms with Crippen molar-refractivity contribution in [2.75, 3.05) is 6.54 Å². The van der Waals surface area contributed by atoms with Gasteiger partial charge in [-0.1, -0.05) is 41.6 Å². The second-order valence-corrected chi connectivity index (χ2v) is 7.89. The Hall–Kier alpha value is -2.56. The second-order valence-electron chi connectivity index (χ2n) is 6.82. The molecule has 0 spiro atoms. The normalized spacial score (nSPS) is 21.1. The number of β-amino-alcohol motifs (C(OH)–C–C–N with tert-alkyl or cyclic N) is 1. The van der Waals surface area contributed by atoms with E-state index in [9.17, 15) is 14.3 Å². The van der Waals surface area contributed by atoms with E-state index in [0.29, 0.717) is 23.3 Å². The number of hydrogen-bond donors (Lipinski definition) is 1. The number of aromatic nitrogens is 1. The Bertz CT molecular complexity index is 886. The van der Waals surface area contributed by atoms with Crippen LogP contribution >= 0.6 is 9.24 Å². The van der Waals surface area contributed by atoms with Gasteiger partial charge in [0.1, 0.15) is 11.4 Å². The molecule has 1 aliphatic rings. The zero-order valence-electron chi connectivity index (χ0n) is 15.5. The Morgan fingerprint density at radius 2 is 1.79 bits per heavy atom. The maximum absolute atomic E-state index is 13.0. The van der Waals surface area contributed by atoms with E-state index in [1.54, 1.807) is 4.90 Å². The molecule has 1 amide bonds. The van der Waals surface area contributed by atoms with Gasteiger partial charge in [0.2, 0.25) is 0 Å². The summed E-state index contributed by atoms with van der Waals surface area (Å²) in [6.07, 6.45) is 1.84. The van der Waals surface area contributed by atoms with E-state index < -0.39 is 5.34 Å². The van der Waals surface area contributed by atoms with Gasteiger partial charge < -0.3 is 14.5 Å². The van der Waals surface area contributed by atoms with Crippen LogP contribution in [0.4, 0.5) is 4.39 Å². The molecule has 0 radical (unpaired) electrons. The van der Waals surface area contributed by atoms with Crippen LogP contribution < -0.4 is 0 Å². The summed E-state index contributed by atoms with van der Waals surface area (Å²) in [5.41, 5.74) is 0.886. The summed E-state index contributed by atoms with van der Waals surface area (Å²) >= 11 is 0. The van der Waals surface area contributed by atoms with E-state index in [1.807, 2.05) is 43.3 Å². The summed E-state index contributed by atoms with van der Waals surface area (Å²) in [6, 6.07) is 17.6. The minimum absolute atomic E-state index is 0.0917. The van der Waals surface area contributed by atoms with E-state index in [2.05, 4.69) is 14.4 Å². The van der Waals surface area contributed by atoms with Gasteiger partial charge in [-0.05, 0) is 31.2 Å². The molecule has 2 heterocycles. The van der Waals surface area contributed by atoms with Gasteiger partial charge in [0.15, 0.2) is 5.76 Å². The third-order valence-corrected chi connectivity index (χ3v) is 4.88. The first-order valence-corrected chi connectivity index (χ1v) is 9.48. The largest absolute Gasteiger partial charge is 0.384 e. The van der Waals surface area contributed by atoms with Crippen LogP contribution in [0.1, 0.15) is 23.7 Å². The number of rotatable bonds is 2. The lowest BCUT2D eigenvalue weighted by Crippen LogP contribution is -2.35. The highest BCUT2D eigenvalue weighted by atomic mass is 31.0. The Balaban J connectivity index is 0.000000320. The SMILES string of the molecule is CC1CC(O)(P)CN1C(=O)c1cnoc1-c1ccc(F)cc1.c1ccccc1. The van der Waals surface area contributed by atoms with Crippen LogP contribution in [0.3, 0.4) is 0 Å². The fourth-order valence-corrected chi connectivity index (χ4v) is 3.69. The number of nitrogens with zero attached hydrogens (tertiary/aromatic N) is 2. The minimum atomic E-state index is -0.970. The molecule has 28 heavy (non-hydrogen) atoms. The second kappa shape index (κ2) is 8.63. The molecule has 0 bridgehead atoms. The smallest absolute Gasteiger partial charge is 0.259 e. The number of likely N-dealkylation sites (tertiary alicyclic amines) is 1. The molecule has 4 rings (SSSR count). The van der Waals surface area contributed by atoms with Crippen LogP contribution in [0.15, 0.2) is 71.4 Å². The van der Waals surface area contributed by atoms with Crippen LogP contribution in [0, 0.1) is 5.82 Å². The zero-order valence-corrected chi connectivity index (χ0v) is 16.6. The summed E-state index contributed by atoms with van der Waals surface area (Å²) in [5, 5.41) is 12.8.